The number of hydrogen-bond acceptors (Lipinski definition) is 3. The molecule has 1 aromatic carbocycles. The predicted molar refractivity (Wildman–Crippen MR) is 73.7 cm³/mol. The molecule has 1 saturated heterocycles. The highest BCUT2D eigenvalue weighted by Crippen LogP contribution is 2.16. The van der Waals surface area contributed by atoms with E-state index < -0.39 is 0 Å². The molecule has 98 valence electrons. The molecule has 1 unspecified atom stereocenters. The van der Waals surface area contributed by atoms with Crippen molar-refractivity contribution in [3.8, 4) is 0 Å². The van der Waals surface area contributed by atoms with Gasteiger partial charge in [0.15, 0.2) is 0 Å². The van der Waals surface area contributed by atoms with Crippen LogP contribution >= 0.6 is 0 Å². The number of hydrazone groups is 1. The molecule has 1 aromatic rings. The molecule has 1 heterocycles. The molecule has 5 nitrogen and oxygen atoms in total. The first-order valence-corrected chi connectivity index (χ1v) is 6.23. The number of hydrogen-bond donors (Lipinski definition) is 2. The van der Waals surface area contributed by atoms with Gasteiger partial charge in [0.25, 0.3) is 0 Å². The topological polar surface area (TPSA) is 70.9 Å². The van der Waals surface area contributed by atoms with E-state index >= 15 is 0 Å². The summed E-state index contributed by atoms with van der Waals surface area (Å²) >= 11 is 0. The van der Waals surface area contributed by atoms with Crippen LogP contribution in [0.15, 0.2) is 35.4 Å². The van der Waals surface area contributed by atoms with E-state index in [-0.39, 0.29) is 0 Å². The quantitative estimate of drug-likeness (QED) is 0.351. The van der Waals surface area contributed by atoms with Gasteiger partial charge in [-0.15, -0.1) is 5.10 Å². The molecule has 5 heteroatoms. The van der Waals surface area contributed by atoms with E-state index in [0.29, 0.717) is 12.0 Å². The van der Waals surface area contributed by atoms with Gasteiger partial charge in [-0.2, -0.15) is 0 Å². The summed E-state index contributed by atoms with van der Waals surface area (Å²) < 4.78 is 0. The summed E-state index contributed by atoms with van der Waals surface area (Å²) in [6, 6.07) is 10.9. The zero-order chi connectivity index (χ0) is 13.0. The average Bonchev–Trinajstić information content (AvgIpc) is 2.86. The van der Waals surface area contributed by atoms with Crippen molar-refractivity contribution in [2.75, 3.05) is 20.1 Å². The number of likely N-dealkylation sites (N-methyl/N-ethyl adjacent to an activating group) is 1. The second-order valence-corrected chi connectivity index (χ2v) is 4.76. The van der Waals surface area contributed by atoms with Gasteiger partial charge in [-0.25, -0.2) is 0 Å². The Hall–Kier alpha value is -1.75. The standard InChI is InChI=1S/C13H21N5/c1-17(13(14)16-15)12-7-8-18(10-12)9-11-5-3-2-4-6-11/h2-6,12H,7-10,15H2,1H3,(H2,14,16). The van der Waals surface area contributed by atoms with E-state index in [1.807, 2.05) is 18.0 Å². The lowest BCUT2D eigenvalue weighted by Gasteiger charge is -2.25. The Morgan fingerprint density at radius 1 is 1.44 bits per heavy atom. The summed E-state index contributed by atoms with van der Waals surface area (Å²) in [6.45, 7) is 3.08. The van der Waals surface area contributed by atoms with Gasteiger partial charge >= 0.3 is 0 Å². The fraction of sp³-hybridized carbons (Fsp3) is 0.462. The van der Waals surface area contributed by atoms with Crippen molar-refractivity contribution in [1.29, 1.82) is 0 Å². The first-order chi connectivity index (χ1) is 8.70. The van der Waals surface area contributed by atoms with E-state index in [2.05, 4.69) is 34.3 Å². The fourth-order valence-electron chi connectivity index (χ4n) is 2.39. The van der Waals surface area contributed by atoms with Gasteiger partial charge in [-0.05, 0) is 12.0 Å². The van der Waals surface area contributed by atoms with Gasteiger partial charge in [0, 0.05) is 32.7 Å². The SMILES string of the molecule is CN(/C(N)=N/N)C1CCN(Cc2ccccc2)C1. The van der Waals surface area contributed by atoms with E-state index in [0.717, 1.165) is 26.1 Å². The molecule has 1 fully saturated rings. The number of likely N-dealkylation sites (tertiary alicyclic amines) is 1. The number of rotatable bonds is 3. The third-order valence-corrected chi connectivity index (χ3v) is 3.54. The molecule has 4 N–H and O–H groups in total. The van der Waals surface area contributed by atoms with Crippen LogP contribution < -0.4 is 11.6 Å². The van der Waals surface area contributed by atoms with Crippen molar-refractivity contribution in [3.63, 3.8) is 0 Å². The summed E-state index contributed by atoms with van der Waals surface area (Å²) in [6.07, 6.45) is 1.10. The largest absolute Gasteiger partial charge is 0.368 e. The van der Waals surface area contributed by atoms with Gasteiger partial charge in [0.1, 0.15) is 0 Å². The second kappa shape index (κ2) is 5.73. The van der Waals surface area contributed by atoms with Crippen LogP contribution in [0.2, 0.25) is 0 Å². The Morgan fingerprint density at radius 2 is 2.17 bits per heavy atom. The van der Waals surface area contributed by atoms with Crippen molar-refractivity contribution in [3.05, 3.63) is 35.9 Å². The maximum Gasteiger partial charge on any atom is 0.213 e. The molecule has 0 bridgehead atoms. The lowest BCUT2D eigenvalue weighted by atomic mass is 10.2. The number of nitrogens with zero attached hydrogens (tertiary/aromatic N) is 3. The lowest BCUT2D eigenvalue weighted by Crippen LogP contribution is -2.43. The Balaban J connectivity index is 1.89. The van der Waals surface area contributed by atoms with Crippen LogP contribution in [0.5, 0.6) is 0 Å². The van der Waals surface area contributed by atoms with Crippen LogP contribution in [-0.4, -0.2) is 41.9 Å². The third-order valence-electron chi connectivity index (χ3n) is 3.54. The zero-order valence-corrected chi connectivity index (χ0v) is 10.8. The molecule has 2 rings (SSSR count). The molecule has 1 aliphatic rings. The van der Waals surface area contributed by atoms with Crippen molar-refractivity contribution >= 4 is 5.96 Å². The zero-order valence-electron chi connectivity index (χ0n) is 10.8. The maximum atomic E-state index is 5.73. The second-order valence-electron chi connectivity index (χ2n) is 4.76. The van der Waals surface area contributed by atoms with Gasteiger partial charge in [0.05, 0.1) is 0 Å². The summed E-state index contributed by atoms with van der Waals surface area (Å²) in [5, 5.41) is 3.54. The van der Waals surface area contributed by atoms with Crippen molar-refractivity contribution < 1.29 is 0 Å². The molecule has 0 aliphatic carbocycles. The number of guanidine groups is 1. The summed E-state index contributed by atoms with van der Waals surface area (Å²) in [5.41, 5.74) is 7.08. The van der Waals surface area contributed by atoms with E-state index in [9.17, 15) is 0 Å². The van der Waals surface area contributed by atoms with Crippen molar-refractivity contribution in [2.45, 2.75) is 19.0 Å². The Morgan fingerprint density at radius 3 is 2.83 bits per heavy atom. The monoisotopic (exact) mass is 247 g/mol. The van der Waals surface area contributed by atoms with Gasteiger partial charge in [-0.1, -0.05) is 30.3 Å². The highest BCUT2D eigenvalue weighted by Gasteiger charge is 2.26. The number of nitrogens with two attached hydrogens (primary N) is 2. The molecule has 0 amide bonds. The Kier molecular flexibility index (Phi) is 4.04. The van der Waals surface area contributed by atoms with Crippen LogP contribution in [0.3, 0.4) is 0 Å². The summed E-state index contributed by atoms with van der Waals surface area (Å²) in [7, 11) is 1.95. The van der Waals surface area contributed by atoms with Gasteiger partial charge in [-0.3, -0.25) is 4.90 Å². The van der Waals surface area contributed by atoms with Crippen LogP contribution in [0.4, 0.5) is 0 Å². The molecule has 0 saturated carbocycles. The summed E-state index contributed by atoms with van der Waals surface area (Å²) in [5.74, 6) is 5.61. The van der Waals surface area contributed by atoms with Crippen molar-refractivity contribution in [2.24, 2.45) is 16.7 Å². The van der Waals surface area contributed by atoms with E-state index in [1.54, 1.807) is 0 Å². The normalized spacial score (nSPS) is 21.2. The Bertz CT molecular complexity index is 403. The molecule has 18 heavy (non-hydrogen) atoms. The van der Waals surface area contributed by atoms with Crippen LogP contribution in [0.25, 0.3) is 0 Å². The van der Waals surface area contributed by atoms with Crippen LogP contribution in [0, 0.1) is 0 Å². The maximum absolute atomic E-state index is 5.73. The third kappa shape index (κ3) is 2.92. The minimum Gasteiger partial charge on any atom is -0.368 e. The van der Waals surface area contributed by atoms with Crippen LogP contribution in [-0.2, 0) is 6.54 Å². The van der Waals surface area contributed by atoms with E-state index in [4.69, 9.17) is 11.6 Å². The molecule has 0 spiro atoms. The predicted octanol–water partition coefficient (Wildman–Crippen LogP) is 0.381. The molecular formula is C13H21N5. The highest BCUT2D eigenvalue weighted by molar-refractivity contribution is 5.77. The Labute approximate surface area is 108 Å². The average molecular weight is 247 g/mol. The molecule has 0 radical (unpaired) electrons. The lowest BCUT2D eigenvalue weighted by molar-refractivity contribution is 0.294. The smallest absolute Gasteiger partial charge is 0.213 e. The molecule has 1 aliphatic heterocycles. The molecular weight excluding hydrogens is 226 g/mol. The highest BCUT2D eigenvalue weighted by atomic mass is 15.3. The summed E-state index contributed by atoms with van der Waals surface area (Å²) in [4.78, 5) is 4.39. The minimum atomic E-state index is 0.404. The molecule has 1 atom stereocenters. The molecule has 0 aromatic heterocycles. The van der Waals surface area contributed by atoms with Gasteiger partial charge in [0.2, 0.25) is 5.96 Å². The van der Waals surface area contributed by atoms with Crippen molar-refractivity contribution in [1.82, 2.24) is 9.80 Å². The number of benzene rings is 1. The van der Waals surface area contributed by atoms with E-state index in [1.165, 1.54) is 5.56 Å². The first-order valence-electron chi connectivity index (χ1n) is 6.23. The minimum absolute atomic E-state index is 0.404. The fourth-order valence-corrected chi connectivity index (χ4v) is 2.39. The first kappa shape index (κ1) is 12.7. The van der Waals surface area contributed by atoms with Crippen LogP contribution in [0.1, 0.15) is 12.0 Å². The van der Waals surface area contributed by atoms with Gasteiger partial charge < -0.3 is 16.5 Å².